The average molecular weight is 340 g/mol. The first-order chi connectivity index (χ1) is 9.71. The Morgan fingerprint density at radius 1 is 1.38 bits per heavy atom. The number of amides is 1. The van der Waals surface area contributed by atoms with Gasteiger partial charge in [-0.15, -0.1) is 0 Å². The van der Waals surface area contributed by atoms with E-state index in [1.165, 1.54) is 11.9 Å². The number of ether oxygens (including phenoxy) is 1. The van der Waals surface area contributed by atoms with Crippen molar-refractivity contribution in [3.8, 4) is 0 Å². The summed E-state index contributed by atoms with van der Waals surface area (Å²) in [7, 11) is 2.23. The molecule has 1 aliphatic rings. The van der Waals surface area contributed by atoms with Crippen LogP contribution in [0.3, 0.4) is 0 Å². The maximum absolute atomic E-state index is 13.3. The average Bonchev–Trinajstić information content (AvgIpc) is 2.92. The number of carbonyl (C=O) groups is 1. The maximum atomic E-state index is 13.3. The molecule has 1 unspecified atom stereocenters. The van der Waals surface area contributed by atoms with Gasteiger partial charge >= 0.3 is 0 Å². The Hall–Kier alpha value is -1.25. The number of likely N-dealkylation sites (N-methyl/N-ethyl adjacent to an activating group) is 1. The molecule has 0 aliphatic carbocycles. The van der Waals surface area contributed by atoms with Gasteiger partial charge in [-0.2, -0.15) is 0 Å². The lowest BCUT2D eigenvalue weighted by atomic mass is 10.1. The minimum atomic E-state index is -4.39. The highest BCUT2D eigenvalue weighted by molar-refractivity contribution is 8.13. The van der Waals surface area contributed by atoms with Gasteiger partial charge in [0.1, 0.15) is 0 Å². The molecule has 0 radical (unpaired) electrons. The molecule has 1 fully saturated rings. The number of hydrogen-bond acceptors (Lipinski definition) is 4. The summed E-state index contributed by atoms with van der Waals surface area (Å²) in [4.78, 5) is 12.8. The molecule has 5 nitrogen and oxygen atoms in total. The van der Waals surface area contributed by atoms with Crippen LogP contribution in [0.4, 0.5) is 8.78 Å². The van der Waals surface area contributed by atoms with Gasteiger partial charge in [-0.3, -0.25) is 4.79 Å². The standard InChI is InChI=1S/C12H12ClF2NO4S/c1-16(7-2-3-20-6-7)12(17)8-4-9(14)10(15)5-11(8)21(13,18)19/h4-5,7H,2-3,6H2,1H3. The van der Waals surface area contributed by atoms with Crippen LogP contribution in [0, 0.1) is 11.6 Å². The van der Waals surface area contributed by atoms with Crippen molar-refractivity contribution in [3.05, 3.63) is 29.3 Å². The van der Waals surface area contributed by atoms with Crippen LogP contribution in [0.5, 0.6) is 0 Å². The Morgan fingerprint density at radius 2 is 2.00 bits per heavy atom. The SMILES string of the molecule is CN(C(=O)c1cc(F)c(F)cc1S(=O)(=O)Cl)C1CCOC1. The molecule has 1 aromatic rings. The van der Waals surface area contributed by atoms with E-state index < -0.39 is 37.1 Å². The quantitative estimate of drug-likeness (QED) is 0.787. The van der Waals surface area contributed by atoms with Crippen molar-refractivity contribution in [2.24, 2.45) is 0 Å². The van der Waals surface area contributed by atoms with Crippen molar-refractivity contribution in [2.45, 2.75) is 17.4 Å². The minimum absolute atomic E-state index is 0.253. The summed E-state index contributed by atoms with van der Waals surface area (Å²) in [5.41, 5.74) is -0.502. The summed E-state index contributed by atoms with van der Waals surface area (Å²) < 4.78 is 54.6. The Labute approximate surface area is 124 Å². The van der Waals surface area contributed by atoms with Crippen molar-refractivity contribution >= 4 is 25.6 Å². The van der Waals surface area contributed by atoms with Gasteiger partial charge in [0.2, 0.25) is 0 Å². The summed E-state index contributed by atoms with van der Waals surface area (Å²) >= 11 is 0. The monoisotopic (exact) mass is 339 g/mol. The number of benzene rings is 1. The molecular formula is C12H12ClF2NO4S. The van der Waals surface area contributed by atoms with Crippen LogP contribution in [-0.4, -0.2) is 45.5 Å². The lowest BCUT2D eigenvalue weighted by Gasteiger charge is -2.24. The predicted octanol–water partition coefficient (Wildman–Crippen LogP) is 1.75. The molecule has 1 saturated heterocycles. The topological polar surface area (TPSA) is 63.7 Å². The van der Waals surface area contributed by atoms with E-state index in [0.29, 0.717) is 31.8 Å². The van der Waals surface area contributed by atoms with Gasteiger partial charge in [-0.1, -0.05) is 0 Å². The van der Waals surface area contributed by atoms with Crippen LogP contribution in [0.1, 0.15) is 16.8 Å². The third kappa shape index (κ3) is 3.33. The summed E-state index contributed by atoms with van der Waals surface area (Å²) in [6.07, 6.45) is 0.578. The fourth-order valence-electron chi connectivity index (χ4n) is 2.08. The Bertz CT molecular complexity index is 674. The van der Waals surface area contributed by atoms with E-state index in [1.54, 1.807) is 0 Å². The molecule has 2 rings (SSSR count). The maximum Gasteiger partial charge on any atom is 0.262 e. The number of hydrogen-bond donors (Lipinski definition) is 0. The molecule has 0 aromatic heterocycles. The number of rotatable bonds is 3. The molecule has 0 N–H and O–H groups in total. The number of carbonyl (C=O) groups excluding carboxylic acids is 1. The highest BCUT2D eigenvalue weighted by atomic mass is 35.7. The second-order valence-electron chi connectivity index (χ2n) is 4.63. The van der Waals surface area contributed by atoms with E-state index >= 15 is 0 Å². The molecule has 1 aromatic carbocycles. The first kappa shape index (κ1) is 16.1. The van der Waals surface area contributed by atoms with Crippen LogP contribution in [-0.2, 0) is 13.8 Å². The Kier molecular flexibility index (Phi) is 4.50. The zero-order chi connectivity index (χ0) is 15.8. The Morgan fingerprint density at radius 3 is 2.52 bits per heavy atom. The van der Waals surface area contributed by atoms with Crippen LogP contribution < -0.4 is 0 Å². The zero-order valence-corrected chi connectivity index (χ0v) is 12.5. The first-order valence-electron chi connectivity index (χ1n) is 6.00. The van der Waals surface area contributed by atoms with E-state index in [4.69, 9.17) is 15.4 Å². The molecule has 0 bridgehead atoms. The highest BCUT2D eigenvalue weighted by Gasteiger charge is 2.30. The largest absolute Gasteiger partial charge is 0.379 e. The molecule has 1 aliphatic heterocycles. The molecule has 116 valence electrons. The predicted molar refractivity (Wildman–Crippen MR) is 70.7 cm³/mol. The van der Waals surface area contributed by atoms with Crippen LogP contribution in [0.25, 0.3) is 0 Å². The van der Waals surface area contributed by atoms with Crippen LogP contribution >= 0.6 is 10.7 Å². The van der Waals surface area contributed by atoms with E-state index in [2.05, 4.69) is 0 Å². The summed E-state index contributed by atoms with van der Waals surface area (Å²) in [5, 5.41) is 0. The van der Waals surface area contributed by atoms with Crippen molar-refractivity contribution in [1.29, 1.82) is 0 Å². The van der Waals surface area contributed by atoms with Gasteiger partial charge in [0, 0.05) is 24.3 Å². The van der Waals surface area contributed by atoms with Gasteiger partial charge < -0.3 is 9.64 Å². The molecule has 1 heterocycles. The minimum Gasteiger partial charge on any atom is -0.379 e. The summed E-state index contributed by atoms with van der Waals surface area (Å²) in [5.74, 6) is -3.47. The van der Waals surface area contributed by atoms with E-state index in [9.17, 15) is 22.0 Å². The van der Waals surface area contributed by atoms with Gasteiger partial charge in [0.15, 0.2) is 11.6 Å². The van der Waals surface area contributed by atoms with Crippen molar-refractivity contribution in [2.75, 3.05) is 20.3 Å². The fourth-order valence-corrected chi connectivity index (χ4v) is 3.12. The molecule has 0 spiro atoms. The zero-order valence-electron chi connectivity index (χ0n) is 11.0. The molecular weight excluding hydrogens is 328 g/mol. The summed E-state index contributed by atoms with van der Waals surface area (Å²) in [6.45, 7) is 0.773. The molecule has 21 heavy (non-hydrogen) atoms. The van der Waals surface area contributed by atoms with Gasteiger partial charge in [-0.25, -0.2) is 17.2 Å². The molecule has 1 amide bonds. The third-order valence-electron chi connectivity index (χ3n) is 3.29. The lowest BCUT2D eigenvalue weighted by Crippen LogP contribution is -2.38. The van der Waals surface area contributed by atoms with Gasteiger partial charge in [0.05, 0.1) is 23.1 Å². The highest BCUT2D eigenvalue weighted by Crippen LogP contribution is 2.25. The lowest BCUT2D eigenvalue weighted by molar-refractivity contribution is 0.0706. The third-order valence-corrected chi connectivity index (χ3v) is 4.65. The number of halogens is 3. The van der Waals surface area contributed by atoms with Crippen LogP contribution in [0.2, 0.25) is 0 Å². The van der Waals surface area contributed by atoms with Gasteiger partial charge in [0.25, 0.3) is 15.0 Å². The smallest absolute Gasteiger partial charge is 0.262 e. The fraction of sp³-hybridized carbons (Fsp3) is 0.417. The van der Waals surface area contributed by atoms with E-state index in [0.717, 1.165) is 0 Å². The number of nitrogens with zero attached hydrogens (tertiary/aromatic N) is 1. The molecule has 9 heteroatoms. The Balaban J connectivity index is 2.46. The molecule has 1 atom stereocenters. The van der Waals surface area contributed by atoms with Crippen molar-refractivity contribution in [1.82, 2.24) is 4.90 Å². The van der Waals surface area contributed by atoms with Crippen molar-refractivity contribution < 1.29 is 26.7 Å². The second kappa shape index (κ2) is 5.86. The normalized spacial score (nSPS) is 18.8. The summed E-state index contributed by atoms with van der Waals surface area (Å²) in [6, 6.07) is 0.694. The van der Waals surface area contributed by atoms with E-state index in [1.807, 2.05) is 0 Å². The van der Waals surface area contributed by atoms with Gasteiger partial charge in [-0.05, 0) is 18.6 Å². The van der Waals surface area contributed by atoms with Crippen molar-refractivity contribution in [3.63, 3.8) is 0 Å². The first-order valence-corrected chi connectivity index (χ1v) is 8.31. The second-order valence-corrected chi connectivity index (χ2v) is 7.17. The van der Waals surface area contributed by atoms with Crippen LogP contribution in [0.15, 0.2) is 17.0 Å². The molecule has 0 saturated carbocycles. The van der Waals surface area contributed by atoms with E-state index in [-0.39, 0.29) is 6.04 Å².